The number of ether oxygens (including phenoxy) is 1. The first-order chi connectivity index (χ1) is 11.7. The average molecular weight is 476 g/mol. The first kappa shape index (κ1) is 19.4. The van der Waals surface area contributed by atoms with Crippen molar-refractivity contribution in [2.24, 2.45) is 16.8 Å². The fraction of sp³-hybridized carbons (Fsp3) is 0.778. The van der Waals surface area contributed by atoms with E-state index >= 15 is 0 Å². The second kappa shape index (κ2) is 8.08. The molecule has 3 saturated heterocycles. The molecule has 0 aromatic carbocycles. The summed E-state index contributed by atoms with van der Waals surface area (Å²) >= 11 is 1.80. The minimum Gasteiger partial charge on any atom is -0.374 e. The zero-order valence-electron chi connectivity index (χ0n) is 15.3. The molecule has 0 saturated carbocycles. The highest BCUT2D eigenvalue weighted by Crippen LogP contribution is 2.47. The van der Waals surface area contributed by atoms with E-state index in [0.29, 0.717) is 12.2 Å². The Morgan fingerprint density at radius 3 is 2.52 bits per heavy atom. The van der Waals surface area contributed by atoms with Crippen LogP contribution in [0.5, 0.6) is 0 Å². The van der Waals surface area contributed by atoms with Gasteiger partial charge in [0.25, 0.3) is 0 Å². The van der Waals surface area contributed by atoms with Crippen LogP contribution in [0.3, 0.4) is 0 Å². The van der Waals surface area contributed by atoms with E-state index < -0.39 is 0 Å². The van der Waals surface area contributed by atoms with Gasteiger partial charge in [-0.05, 0) is 33.6 Å². The van der Waals surface area contributed by atoms with Gasteiger partial charge in [0.2, 0.25) is 0 Å². The summed E-state index contributed by atoms with van der Waals surface area (Å²) in [6.45, 7) is 10.3. The van der Waals surface area contributed by atoms with E-state index in [9.17, 15) is 0 Å². The lowest BCUT2D eigenvalue weighted by atomic mass is 9.82. The largest absolute Gasteiger partial charge is 0.374 e. The van der Waals surface area contributed by atoms with Crippen LogP contribution in [-0.2, 0) is 11.2 Å². The molecule has 2 bridgehead atoms. The molecule has 0 radical (unpaired) electrons. The van der Waals surface area contributed by atoms with E-state index in [4.69, 9.17) is 9.73 Å². The molecule has 5 nitrogen and oxygen atoms in total. The van der Waals surface area contributed by atoms with E-state index in [1.54, 1.807) is 11.3 Å². The number of guanidine groups is 1. The maximum atomic E-state index is 6.09. The van der Waals surface area contributed by atoms with Gasteiger partial charge in [-0.25, -0.2) is 4.98 Å². The van der Waals surface area contributed by atoms with Gasteiger partial charge in [-0.15, -0.1) is 35.3 Å². The monoisotopic (exact) mass is 476 g/mol. The van der Waals surface area contributed by atoms with Gasteiger partial charge in [0.1, 0.15) is 0 Å². The molecular weight excluding hydrogens is 447 g/mol. The first-order valence-corrected chi connectivity index (χ1v) is 10.1. The van der Waals surface area contributed by atoms with Gasteiger partial charge in [-0.2, -0.15) is 0 Å². The SMILES string of the molecule is CCNC(=NCCc1sc(C)nc1C)N1CC2C3CCC(O3)C2C1.I. The van der Waals surface area contributed by atoms with Crippen molar-refractivity contribution in [1.82, 2.24) is 15.2 Å². The van der Waals surface area contributed by atoms with Crippen molar-refractivity contribution in [2.75, 3.05) is 26.2 Å². The van der Waals surface area contributed by atoms with Gasteiger partial charge < -0.3 is 15.0 Å². The van der Waals surface area contributed by atoms with E-state index in [1.807, 2.05) is 0 Å². The summed E-state index contributed by atoms with van der Waals surface area (Å²) in [5.41, 5.74) is 1.17. The molecule has 4 unspecified atom stereocenters. The molecule has 0 aliphatic carbocycles. The molecule has 1 aromatic heterocycles. The van der Waals surface area contributed by atoms with Crippen LogP contribution in [0.25, 0.3) is 0 Å². The zero-order chi connectivity index (χ0) is 16.7. The maximum Gasteiger partial charge on any atom is 0.193 e. The number of hydrogen-bond donors (Lipinski definition) is 1. The number of halogens is 1. The molecule has 3 aliphatic heterocycles. The topological polar surface area (TPSA) is 49.8 Å². The number of aliphatic imine (C=N–C) groups is 1. The Kier molecular flexibility index (Phi) is 6.26. The molecule has 1 N–H and O–H groups in total. The standard InChI is InChI=1S/C18H28N4OS.HI/c1-4-19-18(20-8-7-17-11(2)21-12(3)24-17)22-9-13-14(10-22)16-6-5-15(13)23-16;/h13-16H,4-10H2,1-3H3,(H,19,20);1H. The molecule has 3 aliphatic rings. The molecule has 25 heavy (non-hydrogen) atoms. The fourth-order valence-electron chi connectivity index (χ4n) is 4.63. The van der Waals surface area contributed by atoms with Crippen molar-refractivity contribution >= 4 is 41.3 Å². The number of fused-ring (bicyclic) bond motifs is 5. The normalized spacial score (nSPS) is 30.5. The molecule has 4 rings (SSSR count). The van der Waals surface area contributed by atoms with E-state index in [2.05, 4.69) is 36.0 Å². The van der Waals surface area contributed by atoms with Crippen LogP contribution in [0.15, 0.2) is 4.99 Å². The Hall–Kier alpha value is -0.410. The van der Waals surface area contributed by atoms with Gasteiger partial charge >= 0.3 is 0 Å². The van der Waals surface area contributed by atoms with Crippen LogP contribution in [0.1, 0.15) is 35.3 Å². The highest BCUT2D eigenvalue weighted by molar-refractivity contribution is 14.0. The lowest BCUT2D eigenvalue weighted by Crippen LogP contribution is -2.41. The predicted molar refractivity (Wildman–Crippen MR) is 113 cm³/mol. The third kappa shape index (κ3) is 3.83. The van der Waals surface area contributed by atoms with Crippen LogP contribution < -0.4 is 5.32 Å². The summed E-state index contributed by atoms with van der Waals surface area (Å²) < 4.78 is 6.09. The van der Waals surface area contributed by atoms with Gasteiger partial charge in [-0.3, -0.25) is 4.99 Å². The Balaban J connectivity index is 0.00000182. The molecular formula is C18H29IN4OS. The molecule has 4 heterocycles. The van der Waals surface area contributed by atoms with Crippen molar-refractivity contribution in [3.8, 4) is 0 Å². The van der Waals surface area contributed by atoms with Crippen LogP contribution in [0, 0.1) is 25.7 Å². The van der Waals surface area contributed by atoms with E-state index in [1.165, 1.54) is 23.4 Å². The van der Waals surface area contributed by atoms with Crippen molar-refractivity contribution in [3.05, 3.63) is 15.6 Å². The Bertz CT molecular complexity index is 617. The predicted octanol–water partition coefficient (Wildman–Crippen LogP) is 3.00. The number of nitrogens with zero attached hydrogens (tertiary/aromatic N) is 3. The molecule has 1 aromatic rings. The number of aromatic nitrogens is 1. The van der Waals surface area contributed by atoms with Crippen LogP contribution >= 0.6 is 35.3 Å². The van der Waals surface area contributed by atoms with Crippen molar-refractivity contribution in [3.63, 3.8) is 0 Å². The summed E-state index contributed by atoms with van der Waals surface area (Å²) in [6, 6.07) is 0. The second-order valence-corrected chi connectivity index (χ2v) is 8.54. The number of likely N-dealkylation sites (tertiary alicyclic amines) is 1. The summed E-state index contributed by atoms with van der Waals surface area (Å²) in [4.78, 5) is 13.3. The van der Waals surface area contributed by atoms with E-state index in [0.717, 1.165) is 55.4 Å². The fourth-order valence-corrected chi connectivity index (χ4v) is 5.55. The van der Waals surface area contributed by atoms with Crippen LogP contribution in [0.2, 0.25) is 0 Å². The second-order valence-electron chi connectivity index (χ2n) is 7.25. The zero-order valence-corrected chi connectivity index (χ0v) is 18.5. The highest BCUT2D eigenvalue weighted by atomic mass is 127. The third-order valence-corrected chi connectivity index (χ3v) is 6.82. The van der Waals surface area contributed by atoms with E-state index in [-0.39, 0.29) is 24.0 Å². The molecule has 140 valence electrons. The Labute approximate surface area is 171 Å². The lowest BCUT2D eigenvalue weighted by Gasteiger charge is -2.23. The van der Waals surface area contributed by atoms with Crippen LogP contribution in [0.4, 0.5) is 0 Å². The van der Waals surface area contributed by atoms with Gasteiger partial charge in [0.15, 0.2) is 5.96 Å². The number of nitrogens with one attached hydrogen (secondary N) is 1. The van der Waals surface area contributed by atoms with Crippen molar-refractivity contribution in [2.45, 2.75) is 52.2 Å². The highest BCUT2D eigenvalue weighted by Gasteiger charge is 2.53. The van der Waals surface area contributed by atoms with Gasteiger partial charge in [0, 0.05) is 49.3 Å². The summed E-state index contributed by atoms with van der Waals surface area (Å²) in [5.74, 6) is 2.53. The minimum atomic E-state index is 0. The Morgan fingerprint density at radius 2 is 1.96 bits per heavy atom. The molecule has 0 amide bonds. The van der Waals surface area contributed by atoms with Crippen LogP contribution in [-0.4, -0.2) is 54.2 Å². The number of aryl methyl sites for hydroxylation is 2. The minimum absolute atomic E-state index is 0. The number of thiazole rings is 1. The summed E-state index contributed by atoms with van der Waals surface area (Å²) in [5, 5.41) is 4.65. The molecule has 3 fully saturated rings. The third-order valence-electron chi connectivity index (χ3n) is 5.69. The van der Waals surface area contributed by atoms with Crippen molar-refractivity contribution < 1.29 is 4.74 Å². The maximum absolute atomic E-state index is 6.09. The number of hydrogen-bond acceptors (Lipinski definition) is 4. The molecule has 0 spiro atoms. The summed E-state index contributed by atoms with van der Waals surface area (Å²) in [6.07, 6.45) is 4.53. The molecule has 4 atom stereocenters. The van der Waals surface area contributed by atoms with Gasteiger partial charge in [0.05, 0.1) is 22.9 Å². The first-order valence-electron chi connectivity index (χ1n) is 9.27. The Morgan fingerprint density at radius 1 is 1.28 bits per heavy atom. The number of rotatable bonds is 4. The quantitative estimate of drug-likeness (QED) is 0.413. The summed E-state index contributed by atoms with van der Waals surface area (Å²) in [7, 11) is 0. The molecule has 7 heteroatoms. The lowest BCUT2D eigenvalue weighted by molar-refractivity contribution is 0.0767. The smallest absolute Gasteiger partial charge is 0.193 e. The van der Waals surface area contributed by atoms with Gasteiger partial charge in [-0.1, -0.05) is 0 Å². The average Bonchev–Trinajstić information content (AvgIpc) is 3.28. The van der Waals surface area contributed by atoms with Crippen molar-refractivity contribution in [1.29, 1.82) is 0 Å².